The molecular weight excluding hydrogens is 111 g/mol. The molecule has 9 heavy (non-hydrogen) atoms. The van der Waals surface area contributed by atoms with Crippen molar-refractivity contribution in [3.63, 3.8) is 0 Å². The van der Waals surface area contributed by atoms with E-state index in [1.807, 2.05) is 0 Å². The van der Waals surface area contributed by atoms with Crippen molar-refractivity contribution in [2.24, 2.45) is 0 Å². The number of piperazine rings is 3. The van der Waals surface area contributed by atoms with Crippen LogP contribution in [0.2, 0.25) is 0 Å². The zero-order chi connectivity index (χ0) is 5.40. The Hall–Kier alpha value is -0.0151. The fraction of sp³-hybridized carbons (Fsp3) is 1.00. The summed E-state index contributed by atoms with van der Waals surface area (Å²) in [4.78, 5) is 5.08. The highest BCUT2D eigenvalue weighted by molar-refractivity contribution is 5.75. The fourth-order valence-electron chi connectivity index (χ4n) is 1.52. The van der Waals surface area contributed by atoms with Gasteiger partial charge in [-0.25, -0.2) is 0 Å². The highest BCUT2D eigenvalue weighted by Gasteiger charge is 2.21. The van der Waals surface area contributed by atoms with E-state index < -0.39 is 0 Å². The molecule has 0 amide bonds. The lowest BCUT2D eigenvalue weighted by Gasteiger charge is -2.41. The summed E-state index contributed by atoms with van der Waals surface area (Å²) >= 11 is 0. The van der Waals surface area contributed by atoms with Gasteiger partial charge < -0.3 is 0 Å². The maximum Gasteiger partial charge on any atom is 0.0814 e. The van der Waals surface area contributed by atoms with E-state index in [9.17, 15) is 0 Å². The lowest BCUT2D eigenvalue weighted by Crippen LogP contribution is -2.55. The van der Waals surface area contributed by atoms with Gasteiger partial charge in [0.1, 0.15) is 0 Å². The molecule has 0 unspecified atom stereocenters. The second-order valence-electron chi connectivity index (χ2n) is 2.68. The van der Waals surface area contributed by atoms with Crippen molar-refractivity contribution in [2.75, 3.05) is 39.3 Å². The first-order valence-electron chi connectivity index (χ1n) is 3.40. The van der Waals surface area contributed by atoms with Crippen molar-refractivity contribution >= 4 is 8.41 Å². The Kier molecular flexibility index (Phi) is 2.14. The Bertz CT molecular complexity index is 66.0. The van der Waals surface area contributed by atoms with Gasteiger partial charge in [0.25, 0.3) is 0 Å². The number of hydrogen-bond donors (Lipinski definition) is 0. The molecule has 0 aromatic heterocycles. The summed E-state index contributed by atoms with van der Waals surface area (Å²) in [6.45, 7) is 7.92. The van der Waals surface area contributed by atoms with Gasteiger partial charge in [0.15, 0.2) is 0 Å². The zero-order valence-corrected chi connectivity index (χ0v) is 5.14. The Morgan fingerprint density at radius 3 is 0.889 bits per heavy atom. The van der Waals surface area contributed by atoms with Gasteiger partial charge in [0.05, 0.1) is 8.41 Å². The first-order valence-corrected chi connectivity index (χ1v) is 3.40. The second-order valence-corrected chi connectivity index (χ2v) is 2.68. The van der Waals surface area contributed by atoms with E-state index in [1.54, 1.807) is 0 Å². The average Bonchev–Trinajstić information content (AvgIpc) is 1.92. The molecule has 0 aromatic carbocycles. The molecular formula is C6H15BN2. The predicted octanol–water partition coefficient (Wildman–Crippen LogP) is -1.57. The zero-order valence-electron chi connectivity index (χ0n) is 5.14. The molecule has 0 radical (unpaired) electrons. The maximum absolute atomic E-state index is 2.54. The topological polar surface area (TPSA) is 6.48 Å². The lowest BCUT2D eigenvalue weighted by molar-refractivity contribution is 0.0647. The largest absolute Gasteiger partial charge is 0.300 e. The van der Waals surface area contributed by atoms with Gasteiger partial charge in [-0.15, -0.1) is 0 Å². The Morgan fingerprint density at radius 2 is 0.778 bits per heavy atom. The van der Waals surface area contributed by atoms with Crippen molar-refractivity contribution < 1.29 is 0 Å². The van der Waals surface area contributed by atoms with Crippen molar-refractivity contribution in [3.05, 3.63) is 0 Å². The van der Waals surface area contributed by atoms with Crippen LogP contribution in [0.4, 0.5) is 0 Å². The normalized spacial score (nSPS) is 40.0. The quantitative estimate of drug-likeness (QED) is 0.362. The van der Waals surface area contributed by atoms with E-state index in [1.165, 1.54) is 39.3 Å². The van der Waals surface area contributed by atoms with Crippen LogP contribution in [0.25, 0.3) is 0 Å². The Balaban J connectivity index is 0.000000405. The SMILES string of the molecule is B.C1CN2CCN1CC2. The smallest absolute Gasteiger partial charge is 0.0814 e. The summed E-state index contributed by atoms with van der Waals surface area (Å²) in [5, 5.41) is 0. The minimum absolute atomic E-state index is 0. The van der Waals surface area contributed by atoms with E-state index in [4.69, 9.17) is 0 Å². The van der Waals surface area contributed by atoms with E-state index in [-0.39, 0.29) is 8.41 Å². The molecule has 0 atom stereocenters. The summed E-state index contributed by atoms with van der Waals surface area (Å²) in [6, 6.07) is 0. The van der Waals surface area contributed by atoms with Gasteiger partial charge in [-0.2, -0.15) is 0 Å². The predicted molar refractivity (Wildman–Crippen MR) is 42.8 cm³/mol. The third-order valence-corrected chi connectivity index (χ3v) is 2.20. The van der Waals surface area contributed by atoms with Gasteiger partial charge in [0, 0.05) is 39.3 Å². The summed E-state index contributed by atoms with van der Waals surface area (Å²) < 4.78 is 0. The van der Waals surface area contributed by atoms with Crippen molar-refractivity contribution in [1.82, 2.24) is 9.80 Å². The first-order chi connectivity index (χ1) is 3.95. The standard InChI is InChI=1S/C6H12N2.BH3/c1-2-8-5-3-7(1)4-6-8;/h1-6H2;1H3. The highest BCUT2D eigenvalue weighted by atomic mass is 15.3. The second kappa shape index (κ2) is 2.71. The van der Waals surface area contributed by atoms with Crippen molar-refractivity contribution in [2.45, 2.75) is 0 Å². The molecule has 52 valence electrons. The van der Waals surface area contributed by atoms with E-state index in [2.05, 4.69) is 9.80 Å². The van der Waals surface area contributed by atoms with E-state index in [0.717, 1.165) is 0 Å². The summed E-state index contributed by atoms with van der Waals surface area (Å²) in [5.74, 6) is 0. The average molecular weight is 126 g/mol. The van der Waals surface area contributed by atoms with Gasteiger partial charge in [-0.05, 0) is 0 Å². The summed E-state index contributed by atoms with van der Waals surface area (Å²) in [6.07, 6.45) is 0. The van der Waals surface area contributed by atoms with Crippen LogP contribution in [-0.2, 0) is 0 Å². The van der Waals surface area contributed by atoms with Crippen LogP contribution < -0.4 is 0 Å². The molecule has 0 aromatic rings. The highest BCUT2D eigenvalue weighted by Crippen LogP contribution is 2.06. The molecule has 3 rings (SSSR count). The number of fused-ring (bicyclic) bond motifs is 3. The van der Waals surface area contributed by atoms with E-state index >= 15 is 0 Å². The molecule has 2 bridgehead atoms. The van der Waals surface area contributed by atoms with Crippen LogP contribution in [0.15, 0.2) is 0 Å². The van der Waals surface area contributed by atoms with Crippen LogP contribution in [0.1, 0.15) is 0 Å². The minimum atomic E-state index is 0. The van der Waals surface area contributed by atoms with Crippen LogP contribution >= 0.6 is 0 Å². The number of nitrogens with zero attached hydrogens (tertiary/aromatic N) is 2. The van der Waals surface area contributed by atoms with Crippen LogP contribution in [0, 0.1) is 0 Å². The Labute approximate surface area is 58.4 Å². The first kappa shape index (κ1) is 7.10. The van der Waals surface area contributed by atoms with E-state index in [0.29, 0.717) is 0 Å². The summed E-state index contributed by atoms with van der Waals surface area (Å²) in [7, 11) is 0. The van der Waals surface area contributed by atoms with Crippen LogP contribution in [-0.4, -0.2) is 57.5 Å². The van der Waals surface area contributed by atoms with Crippen molar-refractivity contribution in [1.29, 1.82) is 0 Å². The fourth-order valence-corrected chi connectivity index (χ4v) is 1.52. The monoisotopic (exact) mass is 126 g/mol. The van der Waals surface area contributed by atoms with Crippen LogP contribution in [0.5, 0.6) is 0 Å². The molecule has 0 aliphatic carbocycles. The van der Waals surface area contributed by atoms with Crippen molar-refractivity contribution in [3.8, 4) is 0 Å². The molecule has 3 heterocycles. The third-order valence-electron chi connectivity index (χ3n) is 2.20. The molecule has 0 spiro atoms. The third kappa shape index (κ3) is 1.27. The Morgan fingerprint density at radius 1 is 0.556 bits per heavy atom. The molecule has 3 aliphatic heterocycles. The minimum Gasteiger partial charge on any atom is -0.300 e. The lowest BCUT2D eigenvalue weighted by atomic mass is 10.2. The molecule has 0 saturated carbocycles. The van der Waals surface area contributed by atoms with Gasteiger partial charge in [0.2, 0.25) is 0 Å². The van der Waals surface area contributed by atoms with Gasteiger partial charge in [-0.1, -0.05) is 0 Å². The summed E-state index contributed by atoms with van der Waals surface area (Å²) in [5.41, 5.74) is 0. The maximum atomic E-state index is 2.54. The molecule has 0 N–H and O–H groups in total. The number of rotatable bonds is 0. The van der Waals surface area contributed by atoms with Crippen LogP contribution in [0.3, 0.4) is 0 Å². The molecule has 3 saturated heterocycles. The van der Waals surface area contributed by atoms with Gasteiger partial charge >= 0.3 is 0 Å². The molecule has 3 fully saturated rings. The molecule has 3 aliphatic rings. The molecule has 2 nitrogen and oxygen atoms in total. The van der Waals surface area contributed by atoms with Gasteiger partial charge in [-0.3, -0.25) is 9.80 Å². The number of hydrogen-bond acceptors (Lipinski definition) is 2. The molecule has 3 heteroatoms.